The van der Waals surface area contributed by atoms with E-state index in [-0.39, 0.29) is 32.7 Å². The van der Waals surface area contributed by atoms with Crippen LogP contribution in [-0.2, 0) is 51.1 Å². The molecule has 0 bridgehead atoms. The monoisotopic (exact) mass is 462 g/mol. The van der Waals surface area contributed by atoms with Gasteiger partial charge in [-0.1, -0.05) is 25.1 Å². The zero-order valence-corrected chi connectivity index (χ0v) is 19.9. The molecule has 9 heteroatoms. The molecule has 151 valence electrons. The fourth-order valence-corrected chi connectivity index (χ4v) is 1.91. The summed E-state index contributed by atoms with van der Waals surface area (Å²) in [6, 6.07) is 9.95. The Morgan fingerprint density at radius 1 is 1.32 bits per heavy atom. The Bertz CT molecular complexity index is 851. The number of aryl methyl sites for hydroxylation is 1. The normalized spacial score (nSPS) is 8.79. The van der Waals surface area contributed by atoms with Crippen molar-refractivity contribution in [3.63, 3.8) is 0 Å². The van der Waals surface area contributed by atoms with Crippen LogP contribution in [0.25, 0.3) is 11.0 Å². The van der Waals surface area contributed by atoms with E-state index in [1.165, 1.54) is 0 Å². The first-order chi connectivity index (χ1) is 13.0. The second kappa shape index (κ2) is 16.1. The summed E-state index contributed by atoms with van der Waals surface area (Å²) >= 11 is 0. The van der Waals surface area contributed by atoms with Gasteiger partial charge in [-0.05, 0) is 13.0 Å². The number of nitrogens with two attached hydrogens (primary N) is 1. The van der Waals surface area contributed by atoms with Crippen LogP contribution in [0.15, 0.2) is 39.7 Å². The molecule has 0 aliphatic rings. The number of hydrogen-bond acceptors (Lipinski definition) is 7. The molecule has 0 fully saturated rings. The first-order valence-electron chi connectivity index (χ1n) is 8.49. The van der Waals surface area contributed by atoms with Gasteiger partial charge < -0.3 is 19.8 Å². The van der Waals surface area contributed by atoms with E-state index in [0.717, 1.165) is 23.3 Å². The second-order valence-electron chi connectivity index (χ2n) is 5.00. The molecule has 1 radical (unpaired) electrons. The van der Waals surface area contributed by atoms with Gasteiger partial charge in [-0.25, -0.2) is 6.07 Å². The quantitative estimate of drug-likeness (QED) is 0.361. The second-order valence-corrected chi connectivity index (χ2v) is 5.00. The summed E-state index contributed by atoms with van der Waals surface area (Å²) in [6.45, 7) is 10.7. The van der Waals surface area contributed by atoms with Crippen molar-refractivity contribution in [1.29, 1.82) is 0 Å². The molecule has 0 unspecified atom stereocenters. The molecule has 0 spiro atoms. The average molecular weight is 462 g/mol. The molecule has 1 aromatic carbocycles. The van der Waals surface area contributed by atoms with E-state index >= 15 is 0 Å². The van der Waals surface area contributed by atoms with Gasteiger partial charge in [0.2, 0.25) is 5.63 Å². The Labute approximate surface area is 191 Å². The first-order valence-corrected chi connectivity index (χ1v) is 8.49. The molecule has 28 heavy (non-hydrogen) atoms. The SMILES string of the molecule is CC.CCN(C)c1ccc2c[c-]c(=O)oc2c1.Cn1cc(CN)nn1.[CH-]=O.[Y]. The number of anilines is 1. The van der Waals surface area contributed by atoms with Gasteiger partial charge in [0.05, 0.1) is 11.3 Å². The smallest absolute Gasteiger partial charge is 0.241 e. The average Bonchev–Trinajstić information content (AvgIpc) is 3.15. The van der Waals surface area contributed by atoms with Crippen LogP contribution < -0.4 is 16.3 Å². The van der Waals surface area contributed by atoms with Crippen LogP contribution in [0.4, 0.5) is 5.69 Å². The van der Waals surface area contributed by atoms with Crippen LogP contribution >= 0.6 is 0 Å². The molecule has 3 rings (SSSR count). The van der Waals surface area contributed by atoms with Crippen molar-refractivity contribution in [2.75, 3.05) is 18.5 Å². The van der Waals surface area contributed by atoms with Crippen LogP contribution in [0.5, 0.6) is 0 Å². The van der Waals surface area contributed by atoms with E-state index in [0.29, 0.717) is 12.1 Å². The zero-order chi connectivity index (χ0) is 20.8. The van der Waals surface area contributed by atoms with Crippen molar-refractivity contribution in [3.8, 4) is 0 Å². The van der Waals surface area contributed by atoms with Crippen molar-refractivity contribution in [1.82, 2.24) is 15.0 Å². The molecule has 0 aliphatic heterocycles. The van der Waals surface area contributed by atoms with Crippen molar-refractivity contribution in [2.24, 2.45) is 12.8 Å². The van der Waals surface area contributed by atoms with Gasteiger partial charge in [-0.3, -0.25) is 16.3 Å². The molecule has 0 saturated carbocycles. The Kier molecular flexibility index (Phi) is 16.3. The summed E-state index contributed by atoms with van der Waals surface area (Å²) in [6.07, 6.45) is 1.79. The van der Waals surface area contributed by atoms with Gasteiger partial charge in [0.1, 0.15) is 0 Å². The standard InChI is InChI=1S/C12H12NO2.C4H8N4.C2H6.CHO.Y/c1-3-13(2)10-6-4-9-5-7-12(14)15-11(9)8-10;1-8-3-4(2-5)6-7-8;2*1-2;/h4-6,8H,3H2,1-2H3;3H,2,5H2,1H3;1-2H3;1H;/q-1;;;-1;. The summed E-state index contributed by atoms with van der Waals surface area (Å²) in [4.78, 5) is 20.8. The summed E-state index contributed by atoms with van der Waals surface area (Å²) < 4.78 is 6.69. The topological polar surface area (TPSA) is 107 Å². The van der Waals surface area contributed by atoms with Gasteiger partial charge in [0.15, 0.2) is 0 Å². The Morgan fingerprint density at radius 3 is 2.43 bits per heavy atom. The molecule has 0 atom stereocenters. The van der Waals surface area contributed by atoms with E-state index in [1.54, 1.807) is 16.9 Å². The predicted octanol–water partition coefficient (Wildman–Crippen LogP) is 2.07. The fraction of sp³-hybridized carbons (Fsp3) is 0.368. The van der Waals surface area contributed by atoms with Crippen LogP contribution in [0.3, 0.4) is 0 Å². The summed E-state index contributed by atoms with van der Waals surface area (Å²) in [5.41, 5.74) is 7.29. The summed E-state index contributed by atoms with van der Waals surface area (Å²) in [5, 5.41) is 8.29. The third kappa shape index (κ3) is 9.35. The number of hydrogen-bond donors (Lipinski definition) is 1. The predicted molar refractivity (Wildman–Crippen MR) is 107 cm³/mol. The molecule has 8 nitrogen and oxygen atoms in total. The summed E-state index contributed by atoms with van der Waals surface area (Å²) in [5.74, 6) is 0. The number of carbonyl (C=O) groups excluding carboxylic acids is 1. The minimum atomic E-state index is -0.432. The van der Waals surface area contributed by atoms with Crippen molar-refractivity contribution < 1.29 is 41.9 Å². The van der Waals surface area contributed by atoms with Gasteiger partial charge in [-0.2, -0.15) is 6.07 Å². The zero-order valence-electron chi connectivity index (χ0n) is 17.0. The minimum absolute atomic E-state index is 0. The Balaban J connectivity index is 0. The van der Waals surface area contributed by atoms with E-state index in [1.807, 2.05) is 46.1 Å². The van der Waals surface area contributed by atoms with Crippen LogP contribution in [0, 0.1) is 6.07 Å². The fourth-order valence-electron chi connectivity index (χ4n) is 1.91. The maximum Gasteiger partial charge on any atom is 0.241 e. The van der Waals surface area contributed by atoms with Gasteiger partial charge in [0.25, 0.3) is 0 Å². The molecule has 2 aromatic heterocycles. The Hall–Kier alpha value is -1.90. The third-order valence-electron chi connectivity index (χ3n) is 3.32. The number of aromatic nitrogens is 3. The molecule has 2 heterocycles. The van der Waals surface area contributed by atoms with E-state index in [9.17, 15) is 4.79 Å². The number of fused-ring (bicyclic) bond motifs is 1. The third-order valence-corrected chi connectivity index (χ3v) is 3.32. The van der Waals surface area contributed by atoms with Gasteiger partial charge in [-0.15, -0.1) is 16.6 Å². The molecule has 3 aromatic rings. The van der Waals surface area contributed by atoms with E-state index < -0.39 is 5.63 Å². The number of benzene rings is 1. The maximum atomic E-state index is 11.0. The number of rotatable bonds is 3. The van der Waals surface area contributed by atoms with E-state index in [2.05, 4.69) is 35.0 Å². The van der Waals surface area contributed by atoms with Crippen LogP contribution in [0.2, 0.25) is 0 Å². The molecule has 0 saturated heterocycles. The minimum Gasteiger partial charge on any atom is -0.545 e. The summed E-state index contributed by atoms with van der Waals surface area (Å²) in [7, 11) is 3.81. The van der Waals surface area contributed by atoms with Crippen molar-refractivity contribution >= 4 is 23.4 Å². The molecule has 0 aliphatic carbocycles. The first kappa shape index (κ1) is 28.3. The molecular weight excluding hydrogens is 435 g/mol. The molecule has 0 amide bonds. The maximum absolute atomic E-state index is 11.0. The van der Waals surface area contributed by atoms with Crippen molar-refractivity contribution in [2.45, 2.75) is 27.3 Å². The molecular formula is C19H27N5O3Y-2. The number of nitrogens with zero attached hydrogens (tertiary/aromatic N) is 4. The Morgan fingerprint density at radius 2 is 1.96 bits per heavy atom. The molecule has 2 N–H and O–H groups in total. The van der Waals surface area contributed by atoms with Crippen LogP contribution in [-0.4, -0.2) is 35.4 Å². The van der Waals surface area contributed by atoms with Crippen molar-refractivity contribution in [3.05, 3.63) is 52.6 Å². The van der Waals surface area contributed by atoms with Crippen LogP contribution in [0.1, 0.15) is 26.5 Å². The van der Waals surface area contributed by atoms with Gasteiger partial charge in [0, 0.05) is 71.8 Å². The largest absolute Gasteiger partial charge is 0.545 e. The van der Waals surface area contributed by atoms with E-state index in [4.69, 9.17) is 14.9 Å². The van der Waals surface area contributed by atoms with Gasteiger partial charge >= 0.3 is 0 Å².